The molecule has 0 spiro atoms. The minimum Gasteiger partial charge on any atom is -0.358 e. The molecule has 10 heteroatoms. The van der Waals surface area contributed by atoms with Crippen LogP contribution in [0.2, 0.25) is 0 Å². The van der Waals surface area contributed by atoms with Gasteiger partial charge in [0, 0.05) is 41.0 Å². The number of benzene rings is 1. The van der Waals surface area contributed by atoms with Gasteiger partial charge in [-0.25, -0.2) is 4.98 Å². The van der Waals surface area contributed by atoms with Crippen LogP contribution in [0.25, 0.3) is 5.65 Å². The number of aryl methyl sites for hydroxylation is 1. The topological polar surface area (TPSA) is 89.8 Å². The normalized spacial score (nSPS) is 11.2. The number of rotatable bonds is 6. The molecule has 0 radical (unpaired) electrons. The maximum absolute atomic E-state index is 12.8. The van der Waals surface area contributed by atoms with E-state index < -0.39 is 16.4 Å². The van der Waals surface area contributed by atoms with Gasteiger partial charge in [0.25, 0.3) is 5.91 Å². The number of imidazole rings is 1. The van der Waals surface area contributed by atoms with Gasteiger partial charge in [0.05, 0.1) is 5.69 Å². The van der Waals surface area contributed by atoms with Crippen LogP contribution >= 0.6 is 15.9 Å². The van der Waals surface area contributed by atoms with Crippen molar-refractivity contribution in [2.24, 2.45) is 0 Å². The van der Waals surface area contributed by atoms with E-state index in [0.29, 0.717) is 6.42 Å². The van der Waals surface area contributed by atoms with Gasteiger partial charge in [-0.2, -0.15) is 8.42 Å². The second kappa shape index (κ2) is 8.23. The standard InChI is InChI=1S/C19H15BrFN3O4S/c1-3-13-7-14(9-17(8-13)28-29(21,26)27)19(25)22-5-4-16-11-24-10-15(20)6-12(2)18(24)23-16/h1,6-11H,4-5H2,2H3,(H,22,25). The summed E-state index contributed by atoms with van der Waals surface area (Å²) in [6.07, 6.45) is 9.53. The predicted octanol–water partition coefficient (Wildman–Crippen LogP) is 2.95. The van der Waals surface area contributed by atoms with Crippen molar-refractivity contribution in [2.45, 2.75) is 13.3 Å². The van der Waals surface area contributed by atoms with Gasteiger partial charge in [-0.05, 0) is 52.7 Å². The molecule has 3 rings (SSSR count). The highest BCUT2D eigenvalue weighted by Gasteiger charge is 2.14. The lowest BCUT2D eigenvalue weighted by Crippen LogP contribution is -2.26. The number of hydrogen-bond donors (Lipinski definition) is 1. The summed E-state index contributed by atoms with van der Waals surface area (Å²) in [5.74, 6) is 1.37. The molecule has 0 atom stereocenters. The van der Waals surface area contributed by atoms with Crippen LogP contribution in [0.15, 0.2) is 41.1 Å². The molecule has 2 aromatic heterocycles. The Hall–Kier alpha value is -2.90. The summed E-state index contributed by atoms with van der Waals surface area (Å²) in [5.41, 5.74) is 2.85. The highest BCUT2D eigenvalue weighted by molar-refractivity contribution is 9.10. The highest BCUT2D eigenvalue weighted by Crippen LogP contribution is 2.20. The van der Waals surface area contributed by atoms with Gasteiger partial charge in [-0.15, -0.1) is 6.42 Å². The zero-order valence-corrected chi connectivity index (χ0v) is 17.5. The van der Waals surface area contributed by atoms with Crippen LogP contribution in [-0.2, 0) is 16.9 Å². The molecule has 0 unspecified atom stereocenters. The van der Waals surface area contributed by atoms with Gasteiger partial charge in [0.1, 0.15) is 11.4 Å². The van der Waals surface area contributed by atoms with Crippen molar-refractivity contribution in [3.05, 3.63) is 63.5 Å². The average Bonchev–Trinajstić information content (AvgIpc) is 3.02. The molecule has 2 heterocycles. The van der Waals surface area contributed by atoms with Crippen LogP contribution in [0.1, 0.15) is 27.2 Å². The maximum atomic E-state index is 12.8. The third-order valence-electron chi connectivity index (χ3n) is 3.95. The molecule has 3 aromatic rings. The Morgan fingerprint density at radius 2 is 2.10 bits per heavy atom. The van der Waals surface area contributed by atoms with Crippen molar-refractivity contribution >= 4 is 38.0 Å². The van der Waals surface area contributed by atoms with E-state index in [0.717, 1.165) is 33.5 Å². The highest BCUT2D eigenvalue weighted by atomic mass is 79.9. The number of nitrogens with zero attached hydrogens (tertiary/aromatic N) is 2. The minimum absolute atomic E-state index is 0.0499. The molecule has 0 aliphatic heterocycles. The quantitative estimate of drug-likeness (QED) is 0.433. The number of amides is 1. The molecule has 0 saturated heterocycles. The fraction of sp³-hybridized carbons (Fsp3) is 0.158. The number of terminal acetylenes is 1. The Kier molecular flexibility index (Phi) is 5.91. The number of carbonyl (C=O) groups is 1. The number of fused-ring (bicyclic) bond motifs is 1. The monoisotopic (exact) mass is 479 g/mol. The van der Waals surface area contributed by atoms with E-state index in [9.17, 15) is 17.1 Å². The largest absolute Gasteiger partial charge is 0.488 e. The van der Waals surface area contributed by atoms with E-state index in [-0.39, 0.29) is 23.4 Å². The van der Waals surface area contributed by atoms with Gasteiger partial charge in [0.15, 0.2) is 0 Å². The lowest BCUT2D eigenvalue weighted by atomic mass is 10.1. The number of nitrogens with one attached hydrogen (secondary N) is 1. The molecular weight excluding hydrogens is 465 g/mol. The van der Waals surface area contributed by atoms with Crippen LogP contribution < -0.4 is 9.50 Å². The molecule has 0 saturated carbocycles. The van der Waals surface area contributed by atoms with Crippen LogP contribution in [0.4, 0.5) is 3.89 Å². The Morgan fingerprint density at radius 1 is 1.34 bits per heavy atom. The lowest BCUT2D eigenvalue weighted by molar-refractivity contribution is 0.0953. The summed E-state index contributed by atoms with van der Waals surface area (Å²) < 4.78 is 41.1. The summed E-state index contributed by atoms with van der Waals surface area (Å²) >= 11 is 3.43. The minimum atomic E-state index is -5.23. The van der Waals surface area contributed by atoms with Crippen molar-refractivity contribution in [3.63, 3.8) is 0 Å². The van der Waals surface area contributed by atoms with Crippen molar-refractivity contribution in [3.8, 4) is 18.1 Å². The number of hydrogen-bond acceptors (Lipinski definition) is 5. The van der Waals surface area contributed by atoms with Crippen molar-refractivity contribution in [2.75, 3.05) is 6.54 Å². The molecule has 150 valence electrons. The first-order valence-electron chi connectivity index (χ1n) is 8.32. The van der Waals surface area contributed by atoms with E-state index in [1.165, 1.54) is 6.07 Å². The second-order valence-electron chi connectivity index (χ2n) is 6.18. The van der Waals surface area contributed by atoms with Gasteiger partial charge in [0.2, 0.25) is 0 Å². The van der Waals surface area contributed by atoms with Crippen molar-refractivity contribution in [1.82, 2.24) is 14.7 Å². The first-order valence-corrected chi connectivity index (χ1v) is 10.4. The van der Waals surface area contributed by atoms with Gasteiger partial charge >= 0.3 is 10.5 Å². The number of halogens is 2. The Balaban J connectivity index is 1.70. The molecule has 0 aliphatic carbocycles. The fourth-order valence-electron chi connectivity index (χ4n) is 2.78. The molecule has 0 aliphatic rings. The summed E-state index contributed by atoms with van der Waals surface area (Å²) in [7, 11) is -5.23. The molecule has 0 fully saturated rings. The number of pyridine rings is 1. The van der Waals surface area contributed by atoms with Crippen LogP contribution in [0, 0.1) is 19.3 Å². The third-order valence-corrected chi connectivity index (χ3v) is 4.77. The molecule has 1 amide bonds. The Bertz CT molecular complexity index is 1250. The predicted molar refractivity (Wildman–Crippen MR) is 109 cm³/mol. The van der Waals surface area contributed by atoms with Crippen LogP contribution in [-0.4, -0.2) is 30.3 Å². The van der Waals surface area contributed by atoms with Gasteiger partial charge in [-0.1, -0.05) is 9.81 Å². The van der Waals surface area contributed by atoms with Gasteiger partial charge in [-0.3, -0.25) is 4.79 Å². The first-order chi connectivity index (χ1) is 13.6. The Labute approximate surface area is 175 Å². The molecule has 29 heavy (non-hydrogen) atoms. The summed E-state index contributed by atoms with van der Waals surface area (Å²) in [6.45, 7) is 2.23. The summed E-state index contributed by atoms with van der Waals surface area (Å²) in [5, 5.41) is 2.69. The van der Waals surface area contributed by atoms with E-state index in [1.807, 2.05) is 29.8 Å². The van der Waals surface area contributed by atoms with Crippen molar-refractivity contribution in [1.29, 1.82) is 0 Å². The molecule has 1 aromatic carbocycles. The van der Waals surface area contributed by atoms with E-state index in [2.05, 4.69) is 36.3 Å². The maximum Gasteiger partial charge on any atom is 0.488 e. The van der Waals surface area contributed by atoms with E-state index >= 15 is 0 Å². The van der Waals surface area contributed by atoms with E-state index in [1.54, 1.807) is 0 Å². The number of aromatic nitrogens is 2. The van der Waals surface area contributed by atoms with Crippen LogP contribution in [0.5, 0.6) is 5.75 Å². The average molecular weight is 480 g/mol. The smallest absolute Gasteiger partial charge is 0.358 e. The summed E-state index contributed by atoms with van der Waals surface area (Å²) in [6, 6.07) is 5.58. The molecular formula is C19H15BrFN3O4S. The second-order valence-corrected chi connectivity index (χ2v) is 8.05. The first kappa shape index (κ1) is 20.8. The SMILES string of the molecule is C#Cc1cc(OS(=O)(=O)F)cc(C(=O)NCCc2cn3cc(Br)cc(C)c3n2)c1. The fourth-order valence-corrected chi connectivity index (χ4v) is 3.67. The lowest BCUT2D eigenvalue weighted by Gasteiger charge is -2.07. The van der Waals surface area contributed by atoms with Crippen LogP contribution in [0.3, 0.4) is 0 Å². The zero-order valence-electron chi connectivity index (χ0n) is 15.1. The zero-order chi connectivity index (χ0) is 21.2. The molecule has 7 nitrogen and oxygen atoms in total. The summed E-state index contributed by atoms with van der Waals surface area (Å²) in [4.78, 5) is 16.9. The van der Waals surface area contributed by atoms with Gasteiger partial charge < -0.3 is 13.9 Å². The molecule has 1 N–H and O–H groups in total. The Morgan fingerprint density at radius 3 is 2.79 bits per heavy atom. The number of carbonyl (C=O) groups excluding carboxylic acids is 1. The van der Waals surface area contributed by atoms with E-state index in [4.69, 9.17) is 6.42 Å². The van der Waals surface area contributed by atoms with Crippen molar-refractivity contribution < 1.29 is 21.3 Å². The molecule has 0 bridgehead atoms. The third kappa shape index (κ3) is 5.34.